The molecular weight excluding hydrogens is 328 g/mol. The number of aromatic nitrogens is 1. The van der Waals surface area contributed by atoms with Crippen molar-refractivity contribution in [1.82, 2.24) is 4.98 Å². The lowest BCUT2D eigenvalue weighted by Gasteiger charge is -2.06. The van der Waals surface area contributed by atoms with Gasteiger partial charge in [-0.2, -0.15) is 5.26 Å². The summed E-state index contributed by atoms with van der Waals surface area (Å²) in [7, 11) is 3.10. The number of fused-ring (bicyclic) bond motifs is 1. The highest BCUT2D eigenvalue weighted by Crippen LogP contribution is 2.27. The molecule has 5 nitrogen and oxygen atoms in total. The first-order valence-corrected chi connectivity index (χ1v) is 8.03. The average Bonchev–Trinajstić information content (AvgIpc) is 3.10. The smallest absolute Gasteiger partial charge is 0.205 e. The normalized spacial score (nSPS) is 11.2. The summed E-state index contributed by atoms with van der Waals surface area (Å²) in [6, 6.07) is 13.0. The zero-order valence-electron chi connectivity index (χ0n) is 14.8. The molecule has 1 heterocycles. The minimum atomic E-state index is -0.324. The Morgan fingerprint density at radius 3 is 2.46 bits per heavy atom. The number of benzene rings is 2. The standard InChI is InChI=1S/C21H18N2O3/c1-13-5-4-6-19-20(13)18(12-23-19)21(24)15(11-22)7-14-8-16(25-2)10-17(9-14)26-3/h4-10,12,23H,1-3H3/b15-7+. The van der Waals surface area contributed by atoms with Crippen LogP contribution in [0.1, 0.15) is 21.5 Å². The molecule has 0 bridgehead atoms. The number of aryl methyl sites for hydroxylation is 1. The Morgan fingerprint density at radius 2 is 1.85 bits per heavy atom. The summed E-state index contributed by atoms with van der Waals surface area (Å²) in [5.74, 6) is 0.849. The highest BCUT2D eigenvalue weighted by atomic mass is 16.5. The molecule has 1 aromatic heterocycles. The second kappa shape index (κ2) is 7.16. The van der Waals surface area contributed by atoms with Crippen LogP contribution in [0.3, 0.4) is 0 Å². The van der Waals surface area contributed by atoms with E-state index in [1.54, 1.807) is 44.7 Å². The topological polar surface area (TPSA) is 75.1 Å². The number of hydrogen-bond donors (Lipinski definition) is 1. The summed E-state index contributed by atoms with van der Waals surface area (Å²) < 4.78 is 10.5. The molecule has 0 amide bonds. The van der Waals surface area contributed by atoms with E-state index < -0.39 is 0 Å². The summed E-state index contributed by atoms with van der Waals surface area (Å²) in [6.45, 7) is 1.94. The van der Waals surface area contributed by atoms with E-state index in [-0.39, 0.29) is 11.4 Å². The zero-order chi connectivity index (χ0) is 18.7. The van der Waals surface area contributed by atoms with Gasteiger partial charge in [0.15, 0.2) is 0 Å². The summed E-state index contributed by atoms with van der Waals surface area (Å²) in [6.07, 6.45) is 3.20. The number of rotatable bonds is 5. The van der Waals surface area contributed by atoms with Crippen LogP contribution in [-0.2, 0) is 0 Å². The molecule has 0 saturated heterocycles. The molecule has 5 heteroatoms. The number of aromatic amines is 1. The number of methoxy groups -OCH3 is 2. The van der Waals surface area contributed by atoms with Gasteiger partial charge < -0.3 is 14.5 Å². The van der Waals surface area contributed by atoms with E-state index in [2.05, 4.69) is 4.98 Å². The maximum atomic E-state index is 12.9. The van der Waals surface area contributed by atoms with Gasteiger partial charge in [-0.25, -0.2) is 0 Å². The van der Waals surface area contributed by atoms with Crippen LogP contribution in [0.2, 0.25) is 0 Å². The van der Waals surface area contributed by atoms with Crippen molar-refractivity contribution < 1.29 is 14.3 Å². The quantitative estimate of drug-likeness (QED) is 0.425. The molecule has 0 aliphatic heterocycles. The van der Waals surface area contributed by atoms with Gasteiger partial charge in [-0.3, -0.25) is 4.79 Å². The number of carbonyl (C=O) groups excluding carboxylic acids is 1. The van der Waals surface area contributed by atoms with Crippen molar-refractivity contribution in [2.75, 3.05) is 14.2 Å². The Bertz CT molecular complexity index is 1030. The van der Waals surface area contributed by atoms with Crippen LogP contribution in [-0.4, -0.2) is 25.0 Å². The number of ketones is 1. The number of nitrogens with zero attached hydrogens (tertiary/aromatic N) is 1. The number of nitrogens with one attached hydrogen (secondary N) is 1. The van der Waals surface area contributed by atoms with E-state index in [0.29, 0.717) is 22.6 Å². The third-order valence-corrected chi connectivity index (χ3v) is 4.21. The molecule has 3 aromatic rings. The van der Waals surface area contributed by atoms with Gasteiger partial charge in [0.05, 0.1) is 14.2 Å². The molecule has 0 aliphatic rings. The van der Waals surface area contributed by atoms with Crippen molar-refractivity contribution in [2.24, 2.45) is 0 Å². The Morgan fingerprint density at radius 1 is 1.15 bits per heavy atom. The summed E-state index contributed by atoms with van der Waals surface area (Å²) in [5, 5.41) is 10.4. The first-order chi connectivity index (χ1) is 12.6. The van der Waals surface area contributed by atoms with Crippen molar-refractivity contribution in [2.45, 2.75) is 6.92 Å². The minimum Gasteiger partial charge on any atom is -0.497 e. The number of Topliss-reactive ketones (excluding diaryl/α,β-unsaturated/α-hetero) is 1. The van der Waals surface area contributed by atoms with Gasteiger partial charge >= 0.3 is 0 Å². The number of nitriles is 1. The van der Waals surface area contributed by atoms with Crippen LogP contribution >= 0.6 is 0 Å². The van der Waals surface area contributed by atoms with Crippen molar-refractivity contribution in [3.8, 4) is 17.6 Å². The molecule has 0 fully saturated rings. The zero-order valence-corrected chi connectivity index (χ0v) is 14.8. The highest BCUT2D eigenvalue weighted by Gasteiger charge is 2.18. The van der Waals surface area contributed by atoms with Gasteiger partial charge in [-0.15, -0.1) is 0 Å². The Balaban J connectivity index is 2.07. The third kappa shape index (κ3) is 3.17. The second-order valence-corrected chi connectivity index (χ2v) is 5.84. The molecule has 0 atom stereocenters. The Hall–Kier alpha value is -3.52. The SMILES string of the molecule is COc1cc(/C=C(\C#N)C(=O)c2c[nH]c3cccc(C)c23)cc(OC)c1. The number of allylic oxidation sites excluding steroid dienone is 1. The summed E-state index contributed by atoms with van der Waals surface area (Å²) >= 11 is 0. The van der Waals surface area contributed by atoms with Crippen molar-refractivity contribution in [3.05, 3.63) is 64.9 Å². The van der Waals surface area contributed by atoms with Gasteiger partial charge in [-0.1, -0.05) is 12.1 Å². The molecular formula is C21H18N2O3. The van der Waals surface area contributed by atoms with Crippen molar-refractivity contribution >= 4 is 22.8 Å². The second-order valence-electron chi connectivity index (χ2n) is 5.84. The highest BCUT2D eigenvalue weighted by molar-refractivity contribution is 6.20. The molecule has 3 rings (SSSR count). The fourth-order valence-electron chi connectivity index (χ4n) is 2.92. The lowest BCUT2D eigenvalue weighted by atomic mass is 9.99. The van der Waals surface area contributed by atoms with Crippen molar-refractivity contribution in [3.63, 3.8) is 0 Å². The number of carbonyl (C=O) groups is 1. The molecule has 0 spiro atoms. The van der Waals surface area contributed by atoms with Gasteiger partial charge in [0.2, 0.25) is 5.78 Å². The lowest BCUT2D eigenvalue weighted by Crippen LogP contribution is -2.01. The van der Waals surface area contributed by atoms with E-state index in [4.69, 9.17) is 9.47 Å². The summed E-state index contributed by atoms with van der Waals surface area (Å²) in [5.41, 5.74) is 3.04. The molecule has 0 saturated carbocycles. The van der Waals surface area contributed by atoms with Crippen LogP contribution in [0.4, 0.5) is 0 Å². The van der Waals surface area contributed by atoms with Gasteiger partial charge in [0.25, 0.3) is 0 Å². The van der Waals surface area contributed by atoms with Crippen molar-refractivity contribution in [1.29, 1.82) is 5.26 Å². The minimum absolute atomic E-state index is 0.0458. The molecule has 0 aliphatic carbocycles. The van der Waals surface area contributed by atoms with E-state index >= 15 is 0 Å². The van der Waals surface area contributed by atoms with E-state index in [0.717, 1.165) is 16.5 Å². The Kier molecular flexibility index (Phi) is 4.76. The predicted octanol–water partition coefficient (Wildman–Crippen LogP) is 4.28. The molecule has 2 aromatic carbocycles. The first-order valence-electron chi connectivity index (χ1n) is 8.03. The monoisotopic (exact) mass is 346 g/mol. The molecule has 0 radical (unpaired) electrons. The Labute approximate surface area is 151 Å². The van der Waals surface area contributed by atoms with Crippen LogP contribution < -0.4 is 9.47 Å². The third-order valence-electron chi connectivity index (χ3n) is 4.21. The maximum absolute atomic E-state index is 12.9. The van der Waals surface area contributed by atoms with E-state index in [9.17, 15) is 10.1 Å². The van der Waals surface area contributed by atoms with E-state index in [1.807, 2.05) is 31.2 Å². The number of H-pyrrole nitrogens is 1. The van der Waals surface area contributed by atoms with Gasteiger partial charge in [0.1, 0.15) is 23.1 Å². The summed E-state index contributed by atoms with van der Waals surface area (Å²) in [4.78, 5) is 16.0. The number of ether oxygens (including phenoxy) is 2. The van der Waals surface area contributed by atoms with Crippen LogP contribution in [0, 0.1) is 18.3 Å². The average molecular weight is 346 g/mol. The van der Waals surface area contributed by atoms with Crippen LogP contribution in [0.25, 0.3) is 17.0 Å². The first kappa shape index (κ1) is 17.3. The fourth-order valence-corrected chi connectivity index (χ4v) is 2.92. The lowest BCUT2D eigenvalue weighted by molar-refractivity contribution is 0.104. The van der Waals surface area contributed by atoms with Gasteiger partial charge in [-0.05, 0) is 42.3 Å². The molecule has 1 N–H and O–H groups in total. The van der Waals surface area contributed by atoms with E-state index in [1.165, 1.54) is 0 Å². The number of hydrogen-bond acceptors (Lipinski definition) is 4. The van der Waals surface area contributed by atoms with Crippen LogP contribution in [0.15, 0.2) is 48.2 Å². The molecule has 130 valence electrons. The largest absolute Gasteiger partial charge is 0.497 e. The maximum Gasteiger partial charge on any atom is 0.205 e. The van der Waals surface area contributed by atoms with Crippen LogP contribution in [0.5, 0.6) is 11.5 Å². The fraction of sp³-hybridized carbons (Fsp3) is 0.143. The molecule has 0 unspecified atom stereocenters. The molecule has 26 heavy (non-hydrogen) atoms. The van der Waals surface area contributed by atoms with Gasteiger partial charge in [0, 0.05) is 28.7 Å². The predicted molar refractivity (Wildman–Crippen MR) is 101 cm³/mol.